The summed E-state index contributed by atoms with van der Waals surface area (Å²) in [6.07, 6.45) is 2.65. The molecule has 21 heavy (non-hydrogen) atoms. The largest absolute Gasteiger partial charge is 0.497 e. The van der Waals surface area contributed by atoms with Crippen LogP contribution in [0.1, 0.15) is 18.4 Å². The van der Waals surface area contributed by atoms with Crippen LogP contribution >= 0.6 is 0 Å². The van der Waals surface area contributed by atoms with Crippen LogP contribution in [0, 0.1) is 0 Å². The van der Waals surface area contributed by atoms with Gasteiger partial charge in [-0.3, -0.25) is 9.80 Å². The van der Waals surface area contributed by atoms with Crippen molar-refractivity contribution in [2.24, 2.45) is 0 Å². The second-order valence-corrected chi connectivity index (χ2v) is 6.03. The molecule has 3 rings (SSSR count). The van der Waals surface area contributed by atoms with Crippen molar-refractivity contribution in [3.63, 3.8) is 0 Å². The molecule has 0 bridgehead atoms. The van der Waals surface area contributed by atoms with E-state index in [4.69, 9.17) is 9.47 Å². The maximum Gasteiger partial charge on any atom is 0.118 e. The summed E-state index contributed by atoms with van der Waals surface area (Å²) in [5.74, 6) is 0.935. The maximum absolute atomic E-state index is 5.44. The van der Waals surface area contributed by atoms with Crippen molar-refractivity contribution in [2.45, 2.75) is 25.4 Å². The average molecular weight is 290 g/mol. The molecule has 0 radical (unpaired) electrons. The number of hydrogen-bond donors (Lipinski definition) is 0. The summed E-state index contributed by atoms with van der Waals surface area (Å²) in [4.78, 5) is 5.19. The zero-order valence-corrected chi connectivity index (χ0v) is 13.0. The Morgan fingerprint density at radius 1 is 1.14 bits per heavy atom. The van der Waals surface area contributed by atoms with Crippen molar-refractivity contribution in [3.05, 3.63) is 29.8 Å². The third-order valence-corrected chi connectivity index (χ3v) is 4.62. The number of hydrogen-bond acceptors (Lipinski definition) is 4. The standard InChI is InChI=1S/C17H26N2O2/c1-20-17-6-4-15(5-7-17)13-19-8-2-3-16(19)14-18-9-11-21-12-10-18/h4-7,16H,2-3,8-14H2,1H3. The smallest absolute Gasteiger partial charge is 0.118 e. The van der Waals surface area contributed by atoms with Crippen LogP contribution in [0.3, 0.4) is 0 Å². The van der Waals surface area contributed by atoms with E-state index >= 15 is 0 Å². The van der Waals surface area contributed by atoms with Gasteiger partial charge in [0.15, 0.2) is 0 Å². The van der Waals surface area contributed by atoms with Gasteiger partial charge in [0.1, 0.15) is 5.75 Å². The number of rotatable bonds is 5. The highest BCUT2D eigenvalue weighted by Gasteiger charge is 2.26. The second-order valence-electron chi connectivity index (χ2n) is 6.03. The fourth-order valence-electron chi connectivity index (χ4n) is 3.36. The van der Waals surface area contributed by atoms with E-state index in [1.807, 2.05) is 0 Å². The van der Waals surface area contributed by atoms with Gasteiger partial charge in [0.25, 0.3) is 0 Å². The topological polar surface area (TPSA) is 24.9 Å². The molecule has 1 atom stereocenters. The Labute approximate surface area is 127 Å². The van der Waals surface area contributed by atoms with Gasteiger partial charge in [-0.05, 0) is 37.1 Å². The molecule has 1 aromatic carbocycles. The molecule has 0 aromatic heterocycles. The lowest BCUT2D eigenvalue weighted by Crippen LogP contribution is -2.44. The fraction of sp³-hybridized carbons (Fsp3) is 0.647. The van der Waals surface area contributed by atoms with E-state index in [2.05, 4.69) is 34.1 Å². The number of morpholine rings is 1. The summed E-state index contributed by atoms with van der Waals surface area (Å²) in [5, 5.41) is 0. The predicted molar refractivity (Wildman–Crippen MR) is 83.7 cm³/mol. The number of nitrogens with zero attached hydrogens (tertiary/aromatic N) is 2. The Kier molecular flexibility index (Phi) is 5.12. The van der Waals surface area contributed by atoms with Crippen LogP contribution in [0.5, 0.6) is 5.75 Å². The first-order valence-corrected chi connectivity index (χ1v) is 8.02. The van der Waals surface area contributed by atoms with Gasteiger partial charge in [-0.25, -0.2) is 0 Å². The van der Waals surface area contributed by atoms with Crippen LogP contribution in [0.2, 0.25) is 0 Å². The minimum absolute atomic E-state index is 0.699. The van der Waals surface area contributed by atoms with Crippen LogP contribution in [0.4, 0.5) is 0 Å². The first-order chi connectivity index (χ1) is 10.3. The first-order valence-electron chi connectivity index (χ1n) is 8.02. The molecule has 4 heteroatoms. The van der Waals surface area contributed by atoms with Crippen molar-refractivity contribution in [3.8, 4) is 5.75 Å². The van der Waals surface area contributed by atoms with Gasteiger partial charge in [-0.1, -0.05) is 12.1 Å². The maximum atomic E-state index is 5.44. The van der Waals surface area contributed by atoms with Gasteiger partial charge in [0, 0.05) is 32.2 Å². The first kappa shape index (κ1) is 14.8. The van der Waals surface area contributed by atoms with Crippen LogP contribution in [0.15, 0.2) is 24.3 Å². The summed E-state index contributed by atoms with van der Waals surface area (Å²) in [7, 11) is 1.72. The number of ether oxygens (including phenoxy) is 2. The highest BCUT2D eigenvalue weighted by molar-refractivity contribution is 5.27. The van der Waals surface area contributed by atoms with Crippen LogP contribution in [0.25, 0.3) is 0 Å². The molecule has 0 saturated carbocycles. The molecule has 116 valence electrons. The van der Waals surface area contributed by atoms with E-state index in [1.54, 1.807) is 7.11 Å². The summed E-state index contributed by atoms with van der Waals surface area (Å²) < 4.78 is 10.7. The Balaban J connectivity index is 1.55. The Morgan fingerprint density at radius 2 is 1.90 bits per heavy atom. The summed E-state index contributed by atoms with van der Waals surface area (Å²) in [6, 6.07) is 9.18. The van der Waals surface area contributed by atoms with Crippen LogP contribution in [-0.2, 0) is 11.3 Å². The van der Waals surface area contributed by atoms with E-state index in [0.29, 0.717) is 6.04 Å². The predicted octanol–water partition coefficient (Wildman–Crippen LogP) is 1.99. The molecule has 2 aliphatic rings. The third-order valence-electron chi connectivity index (χ3n) is 4.62. The lowest BCUT2D eigenvalue weighted by molar-refractivity contribution is 0.0262. The summed E-state index contributed by atoms with van der Waals surface area (Å²) in [5.41, 5.74) is 1.38. The molecule has 0 N–H and O–H groups in total. The van der Waals surface area contributed by atoms with Crippen molar-refractivity contribution in [1.82, 2.24) is 9.80 Å². The highest BCUT2D eigenvalue weighted by atomic mass is 16.5. The van der Waals surface area contributed by atoms with Crippen LogP contribution in [-0.4, -0.2) is 62.3 Å². The Morgan fingerprint density at radius 3 is 2.62 bits per heavy atom. The second kappa shape index (κ2) is 7.25. The number of likely N-dealkylation sites (tertiary alicyclic amines) is 1. The van der Waals surface area contributed by atoms with E-state index in [9.17, 15) is 0 Å². The minimum atomic E-state index is 0.699. The monoisotopic (exact) mass is 290 g/mol. The van der Waals surface area contributed by atoms with Gasteiger partial charge < -0.3 is 9.47 Å². The quantitative estimate of drug-likeness (QED) is 0.828. The molecule has 1 aromatic rings. The SMILES string of the molecule is COc1ccc(CN2CCCC2CN2CCOCC2)cc1. The zero-order valence-electron chi connectivity index (χ0n) is 13.0. The van der Waals surface area contributed by atoms with E-state index in [-0.39, 0.29) is 0 Å². The normalized spacial score (nSPS) is 24.3. The third kappa shape index (κ3) is 3.96. The van der Waals surface area contributed by atoms with Gasteiger partial charge in [-0.2, -0.15) is 0 Å². The van der Waals surface area contributed by atoms with Gasteiger partial charge in [0.05, 0.1) is 20.3 Å². The molecule has 0 aliphatic carbocycles. The Hall–Kier alpha value is -1.10. The lowest BCUT2D eigenvalue weighted by Gasteiger charge is -2.33. The molecule has 2 heterocycles. The molecular formula is C17H26N2O2. The molecular weight excluding hydrogens is 264 g/mol. The number of benzene rings is 1. The molecule has 1 unspecified atom stereocenters. The lowest BCUT2D eigenvalue weighted by atomic mass is 10.1. The zero-order chi connectivity index (χ0) is 14.5. The molecule has 2 aliphatic heterocycles. The van der Waals surface area contributed by atoms with E-state index in [0.717, 1.165) is 38.6 Å². The molecule has 4 nitrogen and oxygen atoms in total. The van der Waals surface area contributed by atoms with Gasteiger partial charge >= 0.3 is 0 Å². The fourth-order valence-corrected chi connectivity index (χ4v) is 3.36. The molecule has 2 fully saturated rings. The Bertz CT molecular complexity index is 429. The molecule has 0 amide bonds. The van der Waals surface area contributed by atoms with E-state index in [1.165, 1.54) is 31.5 Å². The molecule has 0 spiro atoms. The van der Waals surface area contributed by atoms with Gasteiger partial charge in [-0.15, -0.1) is 0 Å². The van der Waals surface area contributed by atoms with Crippen molar-refractivity contribution >= 4 is 0 Å². The van der Waals surface area contributed by atoms with Crippen molar-refractivity contribution < 1.29 is 9.47 Å². The van der Waals surface area contributed by atoms with Crippen molar-refractivity contribution in [2.75, 3.05) is 46.5 Å². The van der Waals surface area contributed by atoms with Crippen molar-refractivity contribution in [1.29, 1.82) is 0 Å². The van der Waals surface area contributed by atoms with Gasteiger partial charge in [0.2, 0.25) is 0 Å². The summed E-state index contributed by atoms with van der Waals surface area (Å²) >= 11 is 0. The van der Waals surface area contributed by atoms with Crippen LogP contribution < -0.4 is 4.74 Å². The average Bonchev–Trinajstić information content (AvgIpc) is 2.96. The number of methoxy groups -OCH3 is 1. The highest BCUT2D eigenvalue weighted by Crippen LogP contribution is 2.22. The summed E-state index contributed by atoms with van der Waals surface area (Å²) in [6.45, 7) is 7.44. The minimum Gasteiger partial charge on any atom is -0.497 e. The van der Waals surface area contributed by atoms with E-state index < -0.39 is 0 Å². The molecule has 2 saturated heterocycles.